The van der Waals surface area contributed by atoms with Gasteiger partial charge in [0.15, 0.2) is 0 Å². The number of fused-ring (bicyclic) bond motifs is 1. The molecule has 0 unspecified atom stereocenters. The van der Waals surface area contributed by atoms with Gasteiger partial charge in [-0.3, -0.25) is 9.59 Å². The minimum absolute atomic E-state index is 0.222. The lowest BCUT2D eigenvalue weighted by molar-refractivity contribution is 0.0481. The number of ether oxygens (including phenoxy) is 1. The molecule has 0 aromatic heterocycles. The summed E-state index contributed by atoms with van der Waals surface area (Å²) in [7, 11) is 3.77. The number of imide groups is 1. The van der Waals surface area contributed by atoms with Crippen LogP contribution in [0.2, 0.25) is 0 Å². The van der Waals surface area contributed by atoms with Crippen molar-refractivity contribution in [2.24, 2.45) is 0 Å². The molecular weight excluding hydrogens is 344 g/mol. The number of carbonyl (C=O) groups excluding carboxylic acids is 3. The Bertz CT molecular complexity index is 934. The minimum atomic E-state index is -0.510. The van der Waals surface area contributed by atoms with E-state index in [2.05, 4.69) is 0 Å². The van der Waals surface area contributed by atoms with Gasteiger partial charge in [-0.25, -0.2) is 9.69 Å². The molecule has 0 saturated heterocycles. The van der Waals surface area contributed by atoms with E-state index in [1.165, 1.54) is 18.2 Å². The first-order chi connectivity index (χ1) is 12.8. The molecule has 0 fully saturated rings. The van der Waals surface area contributed by atoms with Crippen molar-refractivity contribution in [3.63, 3.8) is 0 Å². The van der Waals surface area contributed by atoms with Gasteiger partial charge in [-0.2, -0.15) is 0 Å². The maximum absolute atomic E-state index is 12.8. The lowest BCUT2D eigenvalue weighted by atomic mass is 10.1. The van der Waals surface area contributed by atoms with Crippen molar-refractivity contribution in [2.45, 2.75) is 13.8 Å². The Hall–Kier alpha value is -2.99. The van der Waals surface area contributed by atoms with Gasteiger partial charge in [0.1, 0.15) is 6.61 Å². The highest BCUT2D eigenvalue weighted by Gasteiger charge is 2.37. The number of rotatable bonds is 5. The Morgan fingerprint density at radius 3 is 2.33 bits per heavy atom. The Kier molecular flexibility index (Phi) is 5.10. The van der Waals surface area contributed by atoms with E-state index in [-0.39, 0.29) is 23.6 Å². The van der Waals surface area contributed by atoms with Crippen LogP contribution in [0.4, 0.5) is 5.69 Å². The van der Waals surface area contributed by atoms with Crippen LogP contribution in [0, 0.1) is 13.8 Å². The molecular formula is C21H22N2O4. The zero-order valence-electron chi connectivity index (χ0n) is 15.9. The van der Waals surface area contributed by atoms with Crippen LogP contribution in [-0.4, -0.2) is 49.9 Å². The van der Waals surface area contributed by atoms with E-state index in [0.29, 0.717) is 17.8 Å². The summed E-state index contributed by atoms with van der Waals surface area (Å²) in [4.78, 5) is 40.8. The fraction of sp³-hybridized carbons (Fsp3) is 0.286. The van der Waals surface area contributed by atoms with Gasteiger partial charge >= 0.3 is 5.97 Å². The zero-order valence-corrected chi connectivity index (χ0v) is 15.9. The van der Waals surface area contributed by atoms with E-state index in [9.17, 15) is 14.4 Å². The first-order valence-corrected chi connectivity index (χ1v) is 8.71. The summed E-state index contributed by atoms with van der Waals surface area (Å²) in [5.41, 5.74) is 3.38. The molecule has 27 heavy (non-hydrogen) atoms. The van der Waals surface area contributed by atoms with Crippen molar-refractivity contribution in [3.05, 3.63) is 64.2 Å². The quantitative estimate of drug-likeness (QED) is 0.601. The van der Waals surface area contributed by atoms with Crippen molar-refractivity contribution in [3.8, 4) is 0 Å². The number of esters is 1. The van der Waals surface area contributed by atoms with Gasteiger partial charge in [0.05, 0.1) is 22.4 Å². The number of aryl methyl sites for hydroxylation is 2. The van der Waals surface area contributed by atoms with Crippen molar-refractivity contribution in [1.82, 2.24) is 4.90 Å². The molecule has 0 radical (unpaired) electrons. The summed E-state index contributed by atoms with van der Waals surface area (Å²) in [6.45, 7) is 4.76. The Balaban J connectivity index is 1.86. The number of carbonyl (C=O) groups is 3. The summed E-state index contributed by atoms with van der Waals surface area (Å²) in [6.07, 6.45) is 0. The number of hydrogen-bond acceptors (Lipinski definition) is 5. The Morgan fingerprint density at radius 1 is 0.963 bits per heavy atom. The summed E-state index contributed by atoms with van der Waals surface area (Å²) < 4.78 is 5.21. The molecule has 0 aliphatic carbocycles. The van der Waals surface area contributed by atoms with E-state index in [1.807, 2.05) is 45.0 Å². The van der Waals surface area contributed by atoms with Crippen molar-refractivity contribution in [1.29, 1.82) is 0 Å². The maximum atomic E-state index is 12.8. The molecule has 2 aromatic rings. The fourth-order valence-electron chi connectivity index (χ4n) is 2.87. The second-order valence-corrected chi connectivity index (χ2v) is 6.91. The Labute approximate surface area is 158 Å². The average molecular weight is 366 g/mol. The summed E-state index contributed by atoms with van der Waals surface area (Å²) >= 11 is 0. The van der Waals surface area contributed by atoms with Crippen molar-refractivity contribution in [2.75, 3.05) is 32.1 Å². The monoisotopic (exact) mass is 366 g/mol. The van der Waals surface area contributed by atoms with Gasteiger partial charge in [-0.05, 0) is 69.4 Å². The van der Waals surface area contributed by atoms with E-state index in [1.54, 1.807) is 6.07 Å². The molecule has 3 rings (SSSR count). The lowest BCUT2D eigenvalue weighted by Crippen LogP contribution is -2.29. The van der Waals surface area contributed by atoms with Gasteiger partial charge in [-0.15, -0.1) is 0 Å². The molecule has 2 aromatic carbocycles. The normalized spacial score (nSPS) is 13.3. The molecule has 1 aliphatic heterocycles. The van der Waals surface area contributed by atoms with Crippen LogP contribution in [0.1, 0.15) is 42.2 Å². The van der Waals surface area contributed by atoms with Crippen LogP contribution < -0.4 is 4.90 Å². The van der Waals surface area contributed by atoms with E-state index >= 15 is 0 Å². The summed E-state index contributed by atoms with van der Waals surface area (Å²) in [5, 5.41) is 0. The van der Waals surface area contributed by atoms with Crippen LogP contribution in [0.5, 0.6) is 0 Å². The largest absolute Gasteiger partial charge is 0.461 e. The topological polar surface area (TPSA) is 66.9 Å². The van der Waals surface area contributed by atoms with E-state index in [0.717, 1.165) is 16.0 Å². The highest BCUT2D eigenvalue weighted by molar-refractivity contribution is 6.34. The SMILES string of the molecule is Cc1ccc(N2C(=O)c3ccc(C(=O)OCCN(C)C)cc3C2=O)cc1C. The first-order valence-electron chi connectivity index (χ1n) is 8.71. The number of amides is 2. The van der Waals surface area contributed by atoms with Crippen LogP contribution in [0.15, 0.2) is 36.4 Å². The number of anilines is 1. The third kappa shape index (κ3) is 3.61. The highest BCUT2D eigenvalue weighted by atomic mass is 16.5. The van der Waals surface area contributed by atoms with Gasteiger partial charge in [0, 0.05) is 6.54 Å². The van der Waals surface area contributed by atoms with Crippen LogP contribution in [-0.2, 0) is 4.74 Å². The molecule has 6 nitrogen and oxygen atoms in total. The maximum Gasteiger partial charge on any atom is 0.338 e. The first kappa shape index (κ1) is 18.8. The highest BCUT2D eigenvalue weighted by Crippen LogP contribution is 2.30. The van der Waals surface area contributed by atoms with E-state index < -0.39 is 11.9 Å². The molecule has 0 bridgehead atoms. The van der Waals surface area contributed by atoms with Crippen LogP contribution in [0.25, 0.3) is 0 Å². The lowest BCUT2D eigenvalue weighted by Gasteiger charge is -2.15. The van der Waals surface area contributed by atoms with Gasteiger partial charge in [0.25, 0.3) is 11.8 Å². The smallest absolute Gasteiger partial charge is 0.338 e. The third-order valence-electron chi connectivity index (χ3n) is 4.64. The second-order valence-electron chi connectivity index (χ2n) is 6.91. The molecule has 0 spiro atoms. The van der Waals surface area contributed by atoms with E-state index in [4.69, 9.17) is 4.74 Å². The molecule has 6 heteroatoms. The Morgan fingerprint density at radius 2 is 1.67 bits per heavy atom. The minimum Gasteiger partial charge on any atom is -0.461 e. The predicted molar refractivity (Wildman–Crippen MR) is 102 cm³/mol. The molecule has 0 N–H and O–H groups in total. The van der Waals surface area contributed by atoms with Gasteiger partial charge in [-0.1, -0.05) is 6.07 Å². The summed E-state index contributed by atoms with van der Waals surface area (Å²) in [5.74, 6) is -1.32. The standard InChI is InChI=1S/C21H22N2O4/c1-13-5-7-16(11-14(13)2)23-19(24)17-8-6-15(12-18(17)20(23)25)21(26)27-10-9-22(3)4/h5-8,11-12H,9-10H2,1-4H3. The van der Waals surface area contributed by atoms with Crippen LogP contribution >= 0.6 is 0 Å². The molecule has 0 atom stereocenters. The number of benzene rings is 2. The average Bonchev–Trinajstić information content (AvgIpc) is 2.87. The van der Waals surface area contributed by atoms with Crippen molar-refractivity contribution < 1.29 is 19.1 Å². The number of hydrogen-bond donors (Lipinski definition) is 0. The summed E-state index contributed by atoms with van der Waals surface area (Å²) in [6, 6.07) is 9.91. The van der Waals surface area contributed by atoms with Gasteiger partial charge in [0.2, 0.25) is 0 Å². The molecule has 1 aliphatic rings. The van der Waals surface area contributed by atoms with Crippen LogP contribution in [0.3, 0.4) is 0 Å². The van der Waals surface area contributed by atoms with Gasteiger partial charge < -0.3 is 9.64 Å². The third-order valence-corrected chi connectivity index (χ3v) is 4.64. The molecule has 140 valence electrons. The zero-order chi connectivity index (χ0) is 19.7. The fourth-order valence-corrected chi connectivity index (χ4v) is 2.87. The predicted octanol–water partition coefficient (Wildman–Crippen LogP) is 2.82. The molecule has 1 heterocycles. The number of nitrogens with zero attached hydrogens (tertiary/aromatic N) is 2. The molecule has 2 amide bonds. The number of likely N-dealkylation sites (N-methyl/N-ethyl adjacent to an activating group) is 1. The van der Waals surface area contributed by atoms with Crippen molar-refractivity contribution >= 4 is 23.5 Å². The molecule has 0 saturated carbocycles. The second kappa shape index (κ2) is 7.32.